The Balaban J connectivity index is 1.56. The average molecular weight is 375 g/mol. The number of thioether (sulfide) groups is 1. The Labute approximate surface area is 163 Å². The van der Waals surface area contributed by atoms with E-state index in [1.807, 2.05) is 85.8 Å². The van der Waals surface area contributed by atoms with Gasteiger partial charge in [0.25, 0.3) is 0 Å². The van der Waals surface area contributed by atoms with Gasteiger partial charge < -0.3 is 5.32 Å². The van der Waals surface area contributed by atoms with Gasteiger partial charge in [-0.1, -0.05) is 66.2 Å². The van der Waals surface area contributed by atoms with Crippen molar-refractivity contribution in [3.8, 4) is 0 Å². The maximum Gasteiger partial charge on any atom is 0.228 e. The molecule has 0 heterocycles. The van der Waals surface area contributed by atoms with Crippen LogP contribution in [0.2, 0.25) is 0 Å². The summed E-state index contributed by atoms with van der Waals surface area (Å²) in [7, 11) is 0. The van der Waals surface area contributed by atoms with Crippen LogP contribution < -0.4 is 5.32 Å². The van der Waals surface area contributed by atoms with Crippen molar-refractivity contribution in [1.29, 1.82) is 0 Å². The molecule has 27 heavy (non-hydrogen) atoms. The molecular weight excluding hydrogens is 354 g/mol. The highest BCUT2D eigenvalue weighted by molar-refractivity contribution is 8.00. The summed E-state index contributed by atoms with van der Waals surface area (Å²) in [4.78, 5) is 25.5. The first kappa shape index (κ1) is 18.9. The van der Waals surface area contributed by atoms with Gasteiger partial charge in [0, 0.05) is 16.1 Å². The van der Waals surface area contributed by atoms with Crippen molar-refractivity contribution in [1.82, 2.24) is 0 Å². The first-order valence-corrected chi connectivity index (χ1v) is 9.75. The zero-order chi connectivity index (χ0) is 19.1. The summed E-state index contributed by atoms with van der Waals surface area (Å²) in [6.45, 7) is 2.00. The molecule has 1 amide bonds. The number of anilines is 1. The highest BCUT2D eigenvalue weighted by atomic mass is 32.2. The number of hydrogen-bond donors (Lipinski definition) is 1. The topological polar surface area (TPSA) is 46.2 Å². The highest BCUT2D eigenvalue weighted by Crippen LogP contribution is 2.23. The molecule has 136 valence electrons. The fourth-order valence-electron chi connectivity index (χ4n) is 2.62. The van der Waals surface area contributed by atoms with E-state index >= 15 is 0 Å². The summed E-state index contributed by atoms with van der Waals surface area (Å²) in [5.41, 5.74) is 3.58. The summed E-state index contributed by atoms with van der Waals surface area (Å²) in [6, 6.07) is 24.8. The number of amides is 1. The molecule has 0 unspecified atom stereocenters. The number of aryl methyl sites for hydroxylation is 1. The number of rotatable bonds is 7. The number of Topliss-reactive ketones (excluding diaryl/α,β-unsaturated/α-hetero) is 1. The van der Waals surface area contributed by atoms with Crippen molar-refractivity contribution in [2.75, 3.05) is 11.1 Å². The third kappa shape index (κ3) is 5.83. The summed E-state index contributed by atoms with van der Waals surface area (Å²) < 4.78 is 0. The van der Waals surface area contributed by atoms with Gasteiger partial charge in [0.1, 0.15) is 0 Å². The predicted octanol–water partition coefficient (Wildman–Crippen LogP) is 5.15. The van der Waals surface area contributed by atoms with Crippen LogP contribution in [0.4, 0.5) is 5.69 Å². The van der Waals surface area contributed by atoms with E-state index in [2.05, 4.69) is 5.32 Å². The number of carbonyl (C=O) groups excluding carboxylic acids is 2. The van der Waals surface area contributed by atoms with Crippen LogP contribution in [0.3, 0.4) is 0 Å². The van der Waals surface area contributed by atoms with Gasteiger partial charge >= 0.3 is 0 Å². The van der Waals surface area contributed by atoms with Crippen LogP contribution in [0.15, 0.2) is 83.8 Å². The highest BCUT2D eigenvalue weighted by Gasteiger charge is 2.08. The largest absolute Gasteiger partial charge is 0.326 e. The number of ketones is 1. The Morgan fingerprint density at radius 1 is 0.889 bits per heavy atom. The van der Waals surface area contributed by atoms with Gasteiger partial charge in [0.15, 0.2) is 5.78 Å². The molecule has 0 aliphatic carbocycles. The molecule has 0 aromatic heterocycles. The third-order valence-electron chi connectivity index (χ3n) is 4.07. The van der Waals surface area contributed by atoms with Crippen LogP contribution in [-0.4, -0.2) is 17.4 Å². The number of nitrogens with one attached hydrogen (secondary N) is 1. The third-order valence-corrected chi connectivity index (χ3v) is 5.06. The van der Waals surface area contributed by atoms with E-state index in [9.17, 15) is 9.59 Å². The van der Waals surface area contributed by atoms with Crippen molar-refractivity contribution in [2.24, 2.45) is 0 Å². The van der Waals surface area contributed by atoms with E-state index in [-0.39, 0.29) is 11.7 Å². The zero-order valence-electron chi connectivity index (χ0n) is 15.1. The molecule has 4 heteroatoms. The van der Waals surface area contributed by atoms with E-state index in [0.717, 1.165) is 27.3 Å². The Morgan fingerprint density at radius 2 is 1.63 bits per heavy atom. The van der Waals surface area contributed by atoms with E-state index in [4.69, 9.17) is 0 Å². The lowest BCUT2D eigenvalue weighted by molar-refractivity contribution is -0.115. The Kier molecular flexibility index (Phi) is 6.44. The zero-order valence-corrected chi connectivity index (χ0v) is 16.0. The molecule has 0 fully saturated rings. The number of benzene rings is 3. The first-order chi connectivity index (χ1) is 13.1. The van der Waals surface area contributed by atoms with Crippen molar-refractivity contribution in [2.45, 2.75) is 18.2 Å². The lowest BCUT2D eigenvalue weighted by atomic mass is 10.1. The summed E-state index contributed by atoms with van der Waals surface area (Å²) in [6.07, 6.45) is 0.337. The maximum absolute atomic E-state index is 12.3. The Morgan fingerprint density at radius 3 is 2.37 bits per heavy atom. The average Bonchev–Trinajstić information content (AvgIpc) is 2.67. The van der Waals surface area contributed by atoms with Crippen LogP contribution in [0, 0.1) is 6.92 Å². The second-order valence-corrected chi connectivity index (χ2v) is 7.37. The monoisotopic (exact) mass is 375 g/mol. The fourth-order valence-corrected chi connectivity index (χ4v) is 3.47. The van der Waals surface area contributed by atoms with Crippen molar-refractivity contribution < 1.29 is 9.59 Å². The van der Waals surface area contributed by atoms with Gasteiger partial charge in [-0.15, -0.1) is 11.8 Å². The normalized spacial score (nSPS) is 10.4. The van der Waals surface area contributed by atoms with Crippen LogP contribution >= 0.6 is 11.8 Å². The summed E-state index contributed by atoms with van der Waals surface area (Å²) in [5.74, 6) is 0.405. The SMILES string of the molecule is Cc1ccc(C(=O)CSc2cccc(NC(=O)Cc3ccccc3)c2)cc1. The smallest absolute Gasteiger partial charge is 0.228 e. The molecule has 1 N–H and O–H groups in total. The van der Waals surface area contributed by atoms with E-state index in [1.165, 1.54) is 11.8 Å². The minimum atomic E-state index is -0.0564. The lowest BCUT2D eigenvalue weighted by Gasteiger charge is -2.08. The second kappa shape index (κ2) is 9.19. The fraction of sp³-hybridized carbons (Fsp3) is 0.130. The molecule has 3 nitrogen and oxygen atoms in total. The minimum Gasteiger partial charge on any atom is -0.326 e. The predicted molar refractivity (Wildman–Crippen MR) is 111 cm³/mol. The molecule has 0 spiro atoms. The van der Waals surface area contributed by atoms with Crippen molar-refractivity contribution >= 4 is 29.1 Å². The molecule has 3 rings (SSSR count). The molecule has 0 aliphatic heterocycles. The number of hydrogen-bond acceptors (Lipinski definition) is 3. The molecule has 3 aromatic rings. The van der Waals surface area contributed by atoms with Gasteiger partial charge in [-0.25, -0.2) is 0 Å². The minimum absolute atomic E-state index is 0.0564. The van der Waals surface area contributed by atoms with Gasteiger partial charge in [0.2, 0.25) is 5.91 Å². The Bertz CT molecular complexity index is 921. The van der Waals surface area contributed by atoms with Crippen molar-refractivity contribution in [3.05, 3.63) is 95.6 Å². The van der Waals surface area contributed by atoms with E-state index < -0.39 is 0 Å². The van der Waals surface area contributed by atoms with Gasteiger partial charge in [-0.3, -0.25) is 9.59 Å². The van der Waals surface area contributed by atoms with Gasteiger partial charge in [-0.2, -0.15) is 0 Å². The summed E-state index contributed by atoms with van der Waals surface area (Å²) in [5, 5.41) is 2.92. The summed E-state index contributed by atoms with van der Waals surface area (Å²) >= 11 is 1.47. The molecular formula is C23H21NO2S. The second-order valence-electron chi connectivity index (χ2n) is 6.32. The molecule has 0 saturated carbocycles. The maximum atomic E-state index is 12.3. The standard InChI is InChI=1S/C23H21NO2S/c1-17-10-12-19(13-11-17)22(25)16-27-21-9-5-8-20(15-21)24-23(26)14-18-6-3-2-4-7-18/h2-13,15H,14,16H2,1H3,(H,24,26). The van der Waals surface area contributed by atoms with Gasteiger partial charge in [0.05, 0.1) is 12.2 Å². The molecule has 3 aromatic carbocycles. The molecule has 0 bridgehead atoms. The molecule has 0 atom stereocenters. The van der Waals surface area contributed by atoms with E-state index in [1.54, 1.807) is 0 Å². The van der Waals surface area contributed by atoms with Crippen LogP contribution in [-0.2, 0) is 11.2 Å². The quantitative estimate of drug-likeness (QED) is 0.459. The lowest BCUT2D eigenvalue weighted by Crippen LogP contribution is -2.14. The van der Waals surface area contributed by atoms with Crippen molar-refractivity contribution in [3.63, 3.8) is 0 Å². The molecule has 0 saturated heterocycles. The van der Waals surface area contributed by atoms with Gasteiger partial charge in [-0.05, 0) is 30.7 Å². The Hall–Kier alpha value is -2.85. The van der Waals surface area contributed by atoms with Crippen LogP contribution in [0.1, 0.15) is 21.5 Å². The molecule has 0 radical (unpaired) electrons. The van der Waals surface area contributed by atoms with Crippen LogP contribution in [0.5, 0.6) is 0 Å². The van der Waals surface area contributed by atoms with E-state index in [0.29, 0.717) is 12.2 Å². The number of carbonyl (C=O) groups is 2. The van der Waals surface area contributed by atoms with Crippen LogP contribution in [0.25, 0.3) is 0 Å². The molecule has 0 aliphatic rings. The first-order valence-electron chi connectivity index (χ1n) is 8.77.